The van der Waals surface area contributed by atoms with Crippen molar-refractivity contribution in [1.29, 1.82) is 0 Å². The van der Waals surface area contributed by atoms with Gasteiger partial charge in [0.15, 0.2) is 0 Å². The summed E-state index contributed by atoms with van der Waals surface area (Å²) in [5, 5.41) is 6.56. The number of carbonyl (C=O) groups excluding carboxylic acids is 1. The molecule has 0 aliphatic heterocycles. The summed E-state index contributed by atoms with van der Waals surface area (Å²) in [5.41, 5.74) is 5.81. The third-order valence-corrected chi connectivity index (χ3v) is 3.37. The molecule has 1 aromatic rings. The molecule has 0 aromatic carbocycles. The van der Waals surface area contributed by atoms with Crippen molar-refractivity contribution < 1.29 is 4.79 Å². The summed E-state index contributed by atoms with van der Waals surface area (Å²) in [5.74, 6) is 1.54. The van der Waals surface area contributed by atoms with Gasteiger partial charge in [0.2, 0.25) is 5.91 Å². The quantitative estimate of drug-likeness (QED) is 0.684. The fourth-order valence-corrected chi connectivity index (χ4v) is 1.86. The highest BCUT2D eigenvalue weighted by atomic mass is 16.1. The molecular formula is C15H27N5O. The van der Waals surface area contributed by atoms with E-state index < -0.39 is 5.41 Å². The molecule has 0 fully saturated rings. The molecule has 0 atom stereocenters. The van der Waals surface area contributed by atoms with E-state index >= 15 is 0 Å². The van der Waals surface area contributed by atoms with E-state index in [-0.39, 0.29) is 11.8 Å². The molecule has 0 aliphatic rings. The van der Waals surface area contributed by atoms with E-state index in [1.165, 1.54) is 6.33 Å². The molecule has 0 unspecified atom stereocenters. The minimum absolute atomic E-state index is 0.268. The van der Waals surface area contributed by atoms with Gasteiger partial charge in [0.1, 0.15) is 18.0 Å². The van der Waals surface area contributed by atoms with E-state index in [4.69, 9.17) is 5.73 Å². The zero-order valence-electron chi connectivity index (χ0n) is 13.7. The van der Waals surface area contributed by atoms with Crippen molar-refractivity contribution >= 4 is 17.5 Å². The number of nitrogens with one attached hydrogen (secondary N) is 2. The monoisotopic (exact) mass is 293 g/mol. The Morgan fingerprint density at radius 3 is 2.33 bits per heavy atom. The van der Waals surface area contributed by atoms with Crippen LogP contribution in [0, 0.1) is 5.41 Å². The maximum atomic E-state index is 11.4. The zero-order chi connectivity index (χ0) is 16.0. The van der Waals surface area contributed by atoms with Gasteiger partial charge in [-0.3, -0.25) is 4.79 Å². The Balaban J connectivity index is 2.98. The van der Waals surface area contributed by atoms with Gasteiger partial charge in [0, 0.05) is 18.7 Å². The molecule has 0 radical (unpaired) electrons. The number of nitrogens with two attached hydrogens (primary N) is 1. The van der Waals surface area contributed by atoms with Crippen molar-refractivity contribution in [2.45, 2.75) is 47.0 Å². The molecule has 4 N–H and O–H groups in total. The number of aromatic nitrogens is 2. The van der Waals surface area contributed by atoms with Crippen LogP contribution in [0.4, 0.5) is 11.6 Å². The van der Waals surface area contributed by atoms with Gasteiger partial charge in [-0.15, -0.1) is 0 Å². The summed E-state index contributed by atoms with van der Waals surface area (Å²) in [6, 6.07) is 0. The molecule has 118 valence electrons. The van der Waals surface area contributed by atoms with Crippen LogP contribution in [0.15, 0.2) is 6.33 Å². The number of amides is 1. The van der Waals surface area contributed by atoms with Crippen LogP contribution < -0.4 is 16.4 Å². The number of hydrogen-bond acceptors (Lipinski definition) is 5. The van der Waals surface area contributed by atoms with Gasteiger partial charge in [-0.1, -0.05) is 20.8 Å². The summed E-state index contributed by atoms with van der Waals surface area (Å²) in [6.07, 6.45) is 2.56. The van der Waals surface area contributed by atoms with Gasteiger partial charge < -0.3 is 16.4 Å². The Labute approximate surface area is 126 Å². The van der Waals surface area contributed by atoms with Crippen LogP contribution in [-0.2, 0) is 4.79 Å². The van der Waals surface area contributed by atoms with Gasteiger partial charge in [0.05, 0.1) is 5.41 Å². The van der Waals surface area contributed by atoms with Crippen molar-refractivity contribution in [3.63, 3.8) is 0 Å². The second kappa shape index (κ2) is 7.24. The number of rotatable bonds is 8. The minimum Gasteiger partial charge on any atom is -0.370 e. The smallest absolute Gasteiger partial charge is 0.224 e. The van der Waals surface area contributed by atoms with E-state index in [2.05, 4.69) is 41.4 Å². The third-order valence-electron chi connectivity index (χ3n) is 3.37. The Morgan fingerprint density at radius 2 is 1.86 bits per heavy atom. The Kier molecular flexibility index (Phi) is 5.93. The van der Waals surface area contributed by atoms with Crippen LogP contribution in [0.3, 0.4) is 0 Å². The second-order valence-corrected chi connectivity index (χ2v) is 6.17. The van der Waals surface area contributed by atoms with Gasteiger partial charge in [0.25, 0.3) is 0 Å². The first-order chi connectivity index (χ1) is 9.79. The molecule has 0 aliphatic carbocycles. The topological polar surface area (TPSA) is 92.9 Å². The number of primary amides is 1. The average molecular weight is 293 g/mol. The first kappa shape index (κ1) is 17.2. The van der Waals surface area contributed by atoms with Crippen molar-refractivity contribution in [3.05, 3.63) is 11.9 Å². The summed E-state index contributed by atoms with van der Waals surface area (Å²) < 4.78 is 0. The van der Waals surface area contributed by atoms with Gasteiger partial charge in [-0.25, -0.2) is 9.97 Å². The maximum absolute atomic E-state index is 11.4. The van der Waals surface area contributed by atoms with Crippen molar-refractivity contribution in [2.75, 3.05) is 23.7 Å². The van der Waals surface area contributed by atoms with E-state index in [0.717, 1.165) is 30.2 Å². The first-order valence-electron chi connectivity index (χ1n) is 7.42. The second-order valence-electron chi connectivity index (χ2n) is 6.17. The standard InChI is InChI=1S/C15H27N5O/c1-6-7-17-12-11(10(2)3)13(20-9-19-12)18-8-15(4,5)14(16)21/h9-10H,6-8H2,1-5H3,(H2,16,21)(H2,17,18,19,20). The molecule has 6 nitrogen and oxygen atoms in total. The van der Waals surface area contributed by atoms with E-state index in [1.807, 2.05) is 13.8 Å². The van der Waals surface area contributed by atoms with Gasteiger partial charge in [-0.2, -0.15) is 0 Å². The number of nitrogens with zero attached hydrogens (tertiary/aromatic N) is 2. The summed E-state index contributed by atoms with van der Waals surface area (Å²) in [6.45, 7) is 11.2. The molecule has 0 saturated carbocycles. The van der Waals surface area contributed by atoms with Crippen LogP contribution >= 0.6 is 0 Å². The highest BCUT2D eigenvalue weighted by molar-refractivity contribution is 5.80. The Morgan fingerprint density at radius 1 is 1.29 bits per heavy atom. The molecule has 1 rings (SSSR count). The van der Waals surface area contributed by atoms with Crippen LogP contribution in [0.25, 0.3) is 0 Å². The fraction of sp³-hybridized carbons (Fsp3) is 0.667. The third kappa shape index (κ3) is 4.58. The molecular weight excluding hydrogens is 266 g/mol. The number of hydrogen-bond donors (Lipinski definition) is 3. The number of carbonyl (C=O) groups is 1. The lowest BCUT2D eigenvalue weighted by molar-refractivity contribution is -0.125. The van der Waals surface area contributed by atoms with E-state index in [1.54, 1.807) is 0 Å². The highest BCUT2D eigenvalue weighted by Gasteiger charge is 2.25. The summed E-state index contributed by atoms with van der Waals surface area (Å²) in [4.78, 5) is 20.0. The molecule has 1 aromatic heterocycles. The largest absolute Gasteiger partial charge is 0.370 e. The van der Waals surface area contributed by atoms with Crippen LogP contribution in [0.5, 0.6) is 0 Å². The predicted octanol–water partition coefficient (Wildman–Crippen LogP) is 2.35. The van der Waals surface area contributed by atoms with Crippen molar-refractivity contribution in [2.24, 2.45) is 11.1 Å². The fourth-order valence-electron chi connectivity index (χ4n) is 1.86. The first-order valence-corrected chi connectivity index (χ1v) is 7.42. The predicted molar refractivity (Wildman–Crippen MR) is 86.4 cm³/mol. The Bertz CT molecular complexity index is 485. The maximum Gasteiger partial charge on any atom is 0.224 e. The van der Waals surface area contributed by atoms with Crippen molar-refractivity contribution in [1.82, 2.24) is 9.97 Å². The average Bonchev–Trinajstić information content (AvgIpc) is 2.42. The molecule has 0 bridgehead atoms. The molecule has 6 heteroatoms. The molecule has 1 amide bonds. The van der Waals surface area contributed by atoms with Gasteiger partial charge in [-0.05, 0) is 26.2 Å². The van der Waals surface area contributed by atoms with E-state index in [9.17, 15) is 4.79 Å². The normalized spacial score (nSPS) is 11.5. The van der Waals surface area contributed by atoms with Gasteiger partial charge >= 0.3 is 0 Å². The molecule has 1 heterocycles. The van der Waals surface area contributed by atoms with Crippen LogP contribution in [-0.4, -0.2) is 29.0 Å². The molecule has 21 heavy (non-hydrogen) atoms. The SMILES string of the molecule is CCCNc1ncnc(NCC(C)(C)C(N)=O)c1C(C)C. The summed E-state index contributed by atoms with van der Waals surface area (Å²) in [7, 11) is 0. The van der Waals surface area contributed by atoms with E-state index in [0.29, 0.717) is 6.54 Å². The minimum atomic E-state index is -0.629. The van der Waals surface area contributed by atoms with Crippen molar-refractivity contribution in [3.8, 4) is 0 Å². The lowest BCUT2D eigenvalue weighted by Crippen LogP contribution is -2.37. The zero-order valence-corrected chi connectivity index (χ0v) is 13.7. The number of anilines is 2. The van der Waals surface area contributed by atoms with Crippen LogP contribution in [0.1, 0.15) is 52.5 Å². The Hall–Kier alpha value is -1.85. The summed E-state index contributed by atoms with van der Waals surface area (Å²) >= 11 is 0. The molecule has 0 spiro atoms. The van der Waals surface area contributed by atoms with Crippen LogP contribution in [0.2, 0.25) is 0 Å². The highest BCUT2D eigenvalue weighted by Crippen LogP contribution is 2.29. The lowest BCUT2D eigenvalue weighted by Gasteiger charge is -2.23. The molecule has 0 saturated heterocycles. The lowest BCUT2D eigenvalue weighted by atomic mass is 9.92.